The number of nitrogens with zero attached hydrogens (tertiary/aromatic N) is 2. The normalized spacial score (nSPS) is 16.5. The van der Waals surface area contributed by atoms with Gasteiger partial charge in [0.2, 0.25) is 20.9 Å². The number of sulfone groups is 1. The predicted molar refractivity (Wildman–Crippen MR) is 231 cm³/mol. The second-order valence-corrected chi connectivity index (χ2v) is 20.5. The average molecular weight is 833 g/mol. The van der Waals surface area contributed by atoms with E-state index in [1.54, 1.807) is 0 Å². The van der Waals surface area contributed by atoms with Gasteiger partial charge in [0, 0.05) is 53.7 Å². The fraction of sp³-hybridized carbons (Fsp3) is 0.422. The largest absolute Gasteiger partial charge is 0.399 e. The van der Waals surface area contributed by atoms with Crippen molar-refractivity contribution in [3.63, 3.8) is 0 Å². The van der Waals surface area contributed by atoms with Crippen molar-refractivity contribution in [3.8, 4) is 0 Å². The second-order valence-electron chi connectivity index (χ2n) is 15.7. The lowest BCUT2D eigenvalue weighted by Gasteiger charge is -2.29. The zero-order chi connectivity index (χ0) is 40.7. The van der Waals surface area contributed by atoms with E-state index in [0.29, 0.717) is 37.6 Å². The van der Waals surface area contributed by atoms with E-state index in [2.05, 4.69) is 26.0 Å². The van der Waals surface area contributed by atoms with Crippen molar-refractivity contribution in [2.75, 3.05) is 28.6 Å². The number of fused-ring (bicyclic) bond motifs is 2. The van der Waals surface area contributed by atoms with E-state index in [-0.39, 0.29) is 29.1 Å². The first-order valence-electron chi connectivity index (χ1n) is 20.1. The molecule has 2 aliphatic carbocycles. The summed E-state index contributed by atoms with van der Waals surface area (Å²) in [5.74, 6) is 1.79. The lowest BCUT2D eigenvalue weighted by atomic mass is 9.99. The number of nitrogen functional groups attached to an aromatic ring is 1. The monoisotopic (exact) mass is 831 g/mol. The summed E-state index contributed by atoms with van der Waals surface area (Å²) in [5, 5.41) is 0. The lowest BCUT2D eigenvalue weighted by molar-refractivity contribution is -0.119. The van der Waals surface area contributed by atoms with E-state index in [1.165, 1.54) is 42.4 Å². The Morgan fingerprint density at radius 1 is 0.579 bits per heavy atom. The Hall–Kier alpha value is -4.19. The molecular formula is C45H54ClN3O6S2. The maximum Gasteiger partial charge on any atom is 0.236 e. The van der Waals surface area contributed by atoms with Crippen molar-refractivity contribution in [3.05, 3.63) is 124 Å². The molecule has 0 saturated heterocycles. The fourth-order valence-corrected chi connectivity index (χ4v) is 10.0. The topological polar surface area (TPSA) is 135 Å². The van der Waals surface area contributed by atoms with Gasteiger partial charge in [-0.05, 0) is 126 Å². The Bertz CT molecular complexity index is 2270. The summed E-state index contributed by atoms with van der Waals surface area (Å²) in [6, 6.07) is 27.2. The van der Waals surface area contributed by atoms with Crippen molar-refractivity contribution in [1.29, 1.82) is 0 Å². The third-order valence-corrected chi connectivity index (χ3v) is 13.3. The van der Waals surface area contributed by atoms with E-state index in [0.717, 1.165) is 65.1 Å². The van der Waals surface area contributed by atoms with Crippen LogP contribution in [0.4, 0.5) is 17.1 Å². The maximum atomic E-state index is 12.7. The standard InChI is InChI=1S/C23H27NO3S.C12H16N2O.C10H11ClO2S/c1-2-13-24-22-11-5-18(14-21(22)10-12-23(24)25)16-28(26,27)15-17-3-6-19(7-4-17)20-8-9-20;1-2-7-14-11-5-4-10(13)8-9(11)3-6-12(14)15;11-14(12,13)7-8-1-3-9(4-2-8)10-5-6-10/h3-7,11,14,20H,2,8-10,12-13,15-16H2,1H3;4-5,8H,2-3,6-7,13H2,1H3;1-4,10H,5-7H2. The molecule has 8 rings (SSSR count). The molecule has 0 aromatic heterocycles. The van der Waals surface area contributed by atoms with Gasteiger partial charge in [0.25, 0.3) is 0 Å². The number of aryl methyl sites for hydroxylation is 2. The van der Waals surface area contributed by atoms with Gasteiger partial charge in [-0.2, -0.15) is 0 Å². The van der Waals surface area contributed by atoms with E-state index >= 15 is 0 Å². The first-order valence-corrected chi connectivity index (χ1v) is 24.4. The number of hydrogen-bond acceptors (Lipinski definition) is 7. The van der Waals surface area contributed by atoms with Crippen LogP contribution >= 0.6 is 10.7 Å². The summed E-state index contributed by atoms with van der Waals surface area (Å²) in [5.41, 5.74) is 15.8. The number of rotatable bonds is 12. The summed E-state index contributed by atoms with van der Waals surface area (Å²) < 4.78 is 47.0. The Morgan fingerprint density at radius 2 is 1.00 bits per heavy atom. The van der Waals surface area contributed by atoms with E-state index in [9.17, 15) is 26.4 Å². The summed E-state index contributed by atoms with van der Waals surface area (Å²) in [7, 11) is -1.51. The van der Waals surface area contributed by atoms with Gasteiger partial charge < -0.3 is 15.5 Å². The molecule has 0 atom stereocenters. The number of hydrogen-bond donors (Lipinski definition) is 1. The maximum absolute atomic E-state index is 12.7. The number of benzene rings is 4. The van der Waals surface area contributed by atoms with Crippen LogP contribution in [0.1, 0.15) is 116 Å². The first kappa shape index (κ1) is 42.4. The zero-order valence-electron chi connectivity index (χ0n) is 33.0. The van der Waals surface area contributed by atoms with Crippen LogP contribution in [-0.4, -0.2) is 41.7 Å². The van der Waals surface area contributed by atoms with Gasteiger partial charge in [-0.1, -0.05) is 74.5 Å². The molecule has 4 aromatic carbocycles. The molecular weight excluding hydrogens is 778 g/mol. The molecule has 2 amide bonds. The molecule has 2 fully saturated rings. The van der Waals surface area contributed by atoms with Crippen molar-refractivity contribution in [1.82, 2.24) is 0 Å². The molecule has 2 saturated carbocycles. The first-order chi connectivity index (χ1) is 27.2. The summed E-state index contributed by atoms with van der Waals surface area (Å²) in [6.07, 6.45) is 9.50. The highest BCUT2D eigenvalue weighted by atomic mass is 35.7. The number of halogens is 1. The van der Waals surface area contributed by atoms with Gasteiger partial charge in [0.05, 0.1) is 17.3 Å². The van der Waals surface area contributed by atoms with Gasteiger partial charge >= 0.3 is 0 Å². The minimum atomic E-state index is -3.42. The van der Waals surface area contributed by atoms with Crippen molar-refractivity contribution >= 4 is 58.4 Å². The average Bonchev–Trinajstić information content (AvgIpc) is 4.09. The van der Waals surface area contributed by atoms with E-state index < -0.39 is 18.9 Å². The molecule has 4 aliphatic rings. The van der Waals surface area contributed by atoms with E-state index in [1.807, 2.05) is 82.6 Å². The third-order valence-electron chi connectivity index (χ3n) is 10.7. The molecule has 0 spiro atoms. The molecule has 0 radical (unpaired) electrons. The Labute approximate surface area is 342 Å². The second kappa shape index (κ2) is 18.6. The third kappa shape index (κ3) is 12.2. The Morgan fingerprint density at radius 3 is 1.46 bits per heavy atom. The van der Waals surface area contributed by atoms with Crippen LogP contribution in [-0.2, 0) is 58.6 Å². The Kier molecular flexibility index (Phi) is 13.8. The minimum absolute atomic E-state index is 0.0341. The minimum Gasteiger partial charge on any atom is -0.399 e. The van der Waals surface area contributed by atoms with Gasteiger partial charge in [-0.25, -0.2) is 16.8 Å². The van der Waals surface area contributed by atoms with Crippen LogP contribution in [0.15, 0.2) is 84.9 Å². The highest BCUT2D eigenvalue weighted by Gasteiger charge is 2.26. The molecule has 0 unspecified atom stereocenters. The Balaban J connectivity index is 0.000000159. The van der Waals surface area contributed by atoms with Crippen LogP contribution < -0.4 is 15.5 Å². The quantitative estimate of drug-likeness (QED) is 0.111. The number of amides is 2. The molecule has 4 aromatic rings. The summed E-state index contributed by atoms with van der Waals surface area (Å²) in [6.45, 7) is 5.65. The van der Waals surface area contributed by atoms with Crippen LogP contribution in [0.2, 0.25) is 0 Å². The molecule has 57 heavy (non-hydrogen) atoms. The summed E-state index contributed by atoms with van der Waals surface area (Å²) >= 11 is 0. The van der Waals surface area contributed by atoms with Crippen LogP contribution in [0.5, 0.6) is 0 Å². The fourth-order valence-electron chi connectivity index (χ4n) is 7.58. The zero-order valence-corrected chi connectivity index (χ0v) is 35.3. The summed E-state index contributed by atoms with van der Waals surface area (Å²) in [4.78, 5) is 27.6. The smallest absolute Gasteiger partial charge is 0.236 e. The lowest BCUT2D eigenvalue weighted by Crippen LogP contribution is -2.35. The van der Waals surface area contributed by atoms with Gasteiger partial charge in [-0.15, -0.1) is 0 Å². The molecule has 304 valence electrons. The van der Waals surface area contributed by atoms with Gasteiger partial charge in [0.15, 0.2) is 9.84 Å². The van der Waals surface area contributed by atoms with Crippen molar-refractivity contribution < 1.29 is 26.4 Å². The van der Waals surface area contributed by atoms with Crippen LogP contribution in [0.3, 0.4) is 0 Å². The molecule has 12 heteroatoms. The molecule has 2 heterocycles. The predicted octanol–water partition coefficient (Wildman–Crippen LogP) is 8.96. The molecule has 9 nitrogen and oxygen atoms in total. The highest BCUT2D eigenvalue weighted by Crippen LogP contribution is 2.41. The number of carbonyl (C=O) groups excluding carboxylic acids is 2. The molecule has 0 bridgehead atoms. The van der Waals surface area contributed by atoms with E-state index in [4.69, 9.17) is 16.4 Å². The molecule has 2 aliphatic heterocycles. The molecule has 2 N–H and O–H groups in total. The van der Waals surface area contributed by atoms with Crippen molar-refractivity contribution in [2.45, 2.75) is 107 Å². The SMILES string of the molecule is CCCN1C(=O)CCc2cc(CS(=O)(=O)Cc3ccc(C4CC4)cc3)ccc21.CCCN1C(=O)CCc2cc(N)ccc21.O=S(=O)(Cl)Cc1ccc(C2CC2)cc1. The number of carbonyl (C=O) groups is 2. The van der Waals surface area contributed by atoms with Crippen molar-refractivity contribution in [2.24, 2.45) is 0 Å². The van der Waals surface area contributed by atoms with Gasteiger partial charge in [0.1, 0.15) is 0 Å². The van der Waals surface area contributed by atoms with Gasteiger partial charge in [-0.3, -0.25) is 9.59 Å². The van der Waals surface area contributed by atoms with Crippen LogP contribution in [0, 0.1) is 0 Å². The highest BCUT2D eigenvalue weighted by molar-refractivity contribution is 8.13. The number of anilines is 3. The number of nitrogens with two attached hydrogens (primary N) is 1. The van der Waals surface area contributed by atoms with Crippen LogP contribution in [0.25, 0.3) is 0 Å².